The molecule has 6 aromatic carbocycles. The molecular formula is C49H43GeIrN3S-2. The molecule has 3 aromatic heterocycles. The molecule has 3 nitrogen and oxygen atoms in total. The van der Waals surface area contributed by atoms with Gasteiger partial charge in [0.1, 0.15) is 0 Å². The summed E-state index contributed by atoms with van der Waals surface area (Å²) in [5.41, 5.74) is 9.36. The van der Waals surface area contributed by atoms with Gasteiger partial charge in [0.15, 0.2) is 0 Å². The summed E-state index contributed by atoms with van der Waals surface area (Å²) in [7, 11) is 0. The van der Waals surface area contributed by atoms with Gasteiger partial charge in [-0.05, 0) is 51.5 Å². The Morgan fingerprint density at radius 1 is 0.782 bits per heavy atom. The fraction of sp³-hybridized carbons (Fsp3) is 0.143. The molecule has 55 heavy (non-hydrogen) atoms. The smallest absolute Gasteiger partial charge is 0.0774 e. The minimum atomic E-state index is -2.14. The van der Waals surface area contributed by atoms with Gasteiger partial charge in [0.25, 0.3) is 0 Å². The van der Waals surface area contributed by atoms with Crippen molar-refractivity contribution >= 4 is 60.2 Å². The van der Waals surface area contributed by atoms with Crippen LogP contribution in [0.25, 0.3) is 70.7 Å². The largest absolute Gasteiger partial charge is 0.333 e. The first-order chi connectivity index (χ1) is 27.7. The number of nitrogens with zero attached hydrogens (tertiary/aromatic N) is 3. The monoisotopic (exact) mass is 976 g/mol. The number of fused-ring (bicyclic) bond motifs is 4. The van der Waals surface area contributed by atoms with E-state index in [1.54, 1.807) is 12.1 Å². The van der Waals surface area contributed by atoms with Crippen molar-refractivity contribution in [3.63, 3.8) is 0 Å². The first-order valence-corrected chi connectivity index (χ1v) is 26.3. The summed E-state index contributed by atoms with van der Waals surface area (Å²) in [5.74, 6) is 7.10. The average Bonchev–Trinajstić information content (AvgIpc) is 3.79. The molecule has 0 aliphatic carbocycles. The molecule has 9 aromatic rings. The van der Waals surface area contributed by atoms with Gasteiger partial charge in [-0.15, -0.1) is 18.2 Å². The van der Waals surface area contributed by atoms with Gasteiger partial charge in [-0.25, -0.2) is 0 Å². The van der Waals surface area contributed by atoms with Gasteiger partial charge >= 0.3 is 131 Å². The molecule has 275 valence electrons. The van der Waals surface area contributed by atoms with Gasteiger partial charge < -0.3 is 4.57 Å². The zero-order chi connectivity index (χ0) is 40.8. The third kappa shape index (κ3) is 7.90. The Hall–Kier alpha value is -4.65. The van der Waals surface area contributed by atoms with Crippen LogP contribution in [0.3, 0.4) is 0 Å². The molecule has 0 saturated heterocycles. The molecule has 0 bridgehead atoms. The zero-order valence-electron chi connectivity index (χ0n) is 35.4. The van der Waals surface area contributed by atoms with Crippen molar-refractivity contribution in [1.29, 1.82) is 0 Å². The molecule has 3 heterocycles. The molecule has 0 atom stereocenters. The van der Waals surface area contributed by atoms with Crippen molar-refractivity contribution in [2.45, 2.75) is 43.9 Å². The van der Waals surface area contributed by atoms with Crippen LogP contribution >= 0.6 is 11.3 Å². The summed E-state index contributed by atoms with van der Waals surface area (Å²) >= 11 is -0.328. The molecule has 0 saturated carbocycles. The van der Waals surface area contributed by atoms with Gasteiger partial charge in [-0.1, -0.05) is 83.7 Å². The molecule has 0 amide bonds. The first-order valence-electron chi connectivity index (χ1n) is 20.2. The second-order valence-corrected chi connectivity index (χ2v) is 26.3. The van der Waals surface area contributed by atoms with Crippen molar-refractivity contribution < 1.29 is 25.6 Å². The summed E-state index contributed by atoms with van der Waals surface area (Å²) in [6.07, 6.45) is 1.91. The molecule has 0 N–H and O–H groups in total. The number of thiophene rings is 1. The Balaban J connectivity index is 0.000000188. The maximum Gasteiger partial charge on any atom is 0.0774 e. The summed E-state index contributed by atoms with van der Waals surface area (Å²) < 4.78 is 36.8. The van der Waals surface area contributed by atoms with Crippen molar-refractivity contribution in [3.8, 4) is 39.5 Å². The van der Waals surface area contributed by atoms with E-state index in [1.807, 2.05) is 49.6 Å². The normalized spacial score (nSPS) is 13.0. The maximum absolute atomic E-state index is 8.49. The van der Waals surface area contributed by atoms with E-state index in [-0.39, 0.29) is 25.7 Å². The zero-order valence-corrected chi connectivity index (χ0v) is 36.7. The van der Waals surface area contributed by atoms with E-state index in [2.05, 4.69) is 142 Å². The van der Waals surface area contributed by atoms with Crippen molar-refractivity contribution in [3.05, 3.63) is 169 Å². The summed E-state index contributed by atoms with van der Waals surface area (Å²) in [5, 5.41) is 2.54. The molecular weight excluding hydrogens is 927 g/mol. The summed E-state index contributed by atoms with van der Waals surface area (Å²) in [4.78, 5) is 9.69. The van der Waals surface area contributed by atoms with E-state index in [0.29, 0.717) is 0 Å². The Morgan fingerprint density at radius 2 is 1.55 bits per heavy atom. The topological polar surface area (TPSA) is 30.7 Å². The van der Waals surface area contributed by atoms with E-state index >= 15 is 0 Å². The minimum Gasteiger partial charge on any atom is -0.333 e. The van der Waals surface area contributed by atoms with Crippen molar-refractivity contribution in [1.82, 2.24) is 14.5 Å². The van der Waals surface area contributed by atoms with E-state index in [4.69, 9.17) is 10.5 Å². The van der Waals surface area contributed by atoms with E-state index in [0.717, 1.165) is 44.9 Å². The summed E-state index contributed by atoms with van der Waals surface area (Å²) in [6.45, 7) is 1.66. The predicted octanol–water partition coefficient (Wildman–Crippen LogP) is 13.1. The Labute approximate surface area is 350 Å². The Morgan fingerprint density at radius 3 is 2.31 bits per heavy atom. The maximum atomic E-state index is 8.49. The third-order valence-electron chi connectivity index (χ3n) is 9.67. The van der Waals surface area contributed by atoms with E-state index in [9.17, 15) is 0 Å². The van der Waals surface area contributed by atoms with Crippen LogP contribution in [-0.2, 0) is 20.1 Å². The molecule has 6 heteroatoms. The first kappa shape index (κ1) is 33.7. The van der Waals surface area contributed by atoms with Gasteiger partial charge in [0, 0.05) is 30.5 Å². The van der Waals surface area contributed by atoms with Gasteiger partial charge in [-0.3, -0.25) is 4.98 Å². The predicted molar refractivity (Wildman–Crippen MR) is 234 cm³/mol. The second-order valence-electron chi connectivity index (χ2n) is 14.7. The Bertz CT molecular complexity index is 2910. The average molecular weight is 975 g/mol. The number of pyridine rings is 1. The minimum absolute atomic E-state index is 0. The van der Waals surface area contributed by atoms with Crippen molar-refractivity contribution in [2.75, 3.05) is 0 Å². The van der Waals surface area contributed by atoms with Crippen LogP contribution in [0, 0.1) is 19.0 Å². The van der Waals surface area contributed by atoms with E-state index in [1.165, 1.54) is 41.8 Å². The fourth-order valence-electron chi connectivity index (χ4n) is 6.96. The molecule has 0 spiro atoms. The number of hydrogen-bond donors (Lipinski definition) is 0. The molecule has 1 radical (unpaired) electrons. The number of aryl methyl sites for hydroxylation is 1. The van der Waals surface area contributed by atoms with Crippen LogP contribution in [0.15, 0.2) is 146 Å². The van der Waals surface area contributed by atoms with Gasteiger partial charge in [0.2, 0.25) is 0 Å². The molecule has 0 aliphatic rings. The van der Waals surface area contributed by atoms with Crippen LogP contribution in [0.1, 0.15) is 36.4 Å². The third-order valence-corrected chi connectivity index (χ3v) is 15.1. The SMILES string of the molecule is [2H]C([2H])([2H])c1c[c-]c(-c2cc(C([2H])(C)C)[c]([Ge]([CH3])([CH3])[CH3])cn2)cc1.[Ir].[c-]1ccc2c(sc3ccccc32)c1-c1nc2ccccc2n1-c1cccc(-c2ccccc2)c1. The number of aromatic nitrogens is 3. The van der Waals surface area contributed by atoms with Crippen LogP contribution in [0.4, 0.5) is 0 Å². The molecule has 9 rings (SSSR count). The Kier molecular flexibility index (Phi) is 9.93. The second kappa shape index (κ2) is 16.2. The number of benzene rings is 6. The molecule has 0 aliphatic heterocycles. The van der Waals surface area contributed by atoms with Crippen molar-refractivity contribution in [2.24, 2.45) is 0 Å². The number of hydrogen-bond acceptors (Lipinski definition) is 3. The van der Waals surface area contributed by atoms with Gasteiger partial charge in [-0.2, -0.15) is 11.3 Å². The van der Waals surface area contributed by atoms with E-state index < -0.39 is 26.0 Å². The number of rotatable bonds is 6. The summed E-state index contributed by atoms with van der Waals surface area (Å²) in [6, 6.07) is 53.7. The van der Waals surface area contributed by atoms with Crippen LogP contribution in [-0.4, -0.2) is 27.8 Å². The van der Waals surface area contributed by atoms with Crippen LogP contribution in [0.5, 0.6) is 0 Å². The van der Waals surface area contributed by atoms with Gasteiger partial charge in [0.05, 0.1) is 16.9 Å². The molecule has 0 fully saturated rings. The quantitative estimate of drug-likeness (QED) is 0.123. The standard InChI is InChI=1S/C31H19N2S.C18H24GeN.Ir/c1-2-10-21(11-3-1)22-12-8-13-23(20-22)33-28-18-6-5-17-27(28)32-31(33)26-16-9-15-25-24-14-4-7-19-29(24)34-30(25)26;1-13(2)16-11-18(15-9-7-14(3)8-10-15)20-12-17(16)19(4,5)6;/h1-15,17-20H;7-9,11-13H,1-6H3;/q2*-1;/i;3D3,13D;. The van der Waals surface area contributed by atoms with Crippen LogP contribution < -0.4 is 4.40 Å². The number of imidazole rings is 1. The fourth-order valence-corrected chi connectivity index (χ4v) is 11.5. The van der Waals surface area contributed by atoms with Crippen LogP contribution in [0.2, 0.25) is 17.3 Å². The number of para-hydroxylation sites is 2. The molecule has 0 unspecified atom stereocenters.